The van der Waals surface area contributed by atoms with E-state index in [2.05, 4.69) is 67.8 Å². The number of hydrogen-bond acceptors (Lipinski definition) is 18. The lowest BCUT2D eigenvalue weighted by Gasteiger charge is -2.41. The van der Waals surface area contributed by atoms with Gasteiger partial charge in [-0.25, -0.2) is 4.79 Å². The van der Waals surface area contributed by atoms with Gasteiger partial charge in [0.25, 0.3) is 0 Å². The molecule has 12 rings (SSSR count). The van der Waals surface area contributed by atoms with Gasteiger partial charge in [0.1, 0.15) is 60.4 Å². The minimum absolute atomic E-state index is 0.0448. The van der Waals surface area contributed by atoms with Crippen LogP contribution in [0.4, 0.5) is 0 Å². The van der Waals surface area contributed by atoms with Gasteiger partial charge in [0.2, 0.25) is 59.1 Å². The quantitative estimate of drug-likeness (QED) is 0.0320. The van der Waals surface area contributed by atoms with Gasteiger partial charge in [-0.2, -0.15) is 35.3 Å². The molecular formula is C80H93N15O16S3. The highest BCUT2D eigenvalue weighted by atomic mass is 32.2. The zero-order chi connectivity index (χ0) is 81.1. The number of thioether (sulfide) groups is 3. The predicted octanol–water partition coefficient (Wildman–Crippen LogP) is 2.68. The molecule has 10 amide bonds. The van der Waals surface area contributed by atoms with E-state index in [4.69, 9.17) is 5.73 Å². The van der Waals surface area contributed by atoms with E-state index in [1.165, 1.54) is 40.2 Å². The average molecular weight is 1620 g/mol. The van der Waals surface area contributed by atoms with Crippen LogP contribution in [0.25, 0.3) is 43.6 Å². The molecule has 4 bridgehead atoms. The van der Waals surface area contributed by atoms with E-state index in [1.54, 1.807) is 92.6 Å². The van der Waals surface area contributed by atoms with Crippen molar-refractivity contribution in [2.24, 2.45) is 11.7 Å². The topological polar surface area (TPSA) is 486 Å². The third-order valence-electron chi connectivity index (χ3n) is 20.3. The number of rotatable bonds is 29. The number of nitrogens with one attached hydrogen (secondary N) is 13. The number of fused-ring (bicyclic) bond motifs is 20. The Morgan fingerprint density at radius 2 is 1.00 bits per heavy atom. The van der Waals surface area contributed by atoms with Crippen molar-refractivity contribution in [3.8, 4) is 0 Å². The van der Waals surface area contributed by atoms with Gasteiger partial charge in [-0.1, -0.05) is 104 Å². The first-order valence-corrected chi connectivity index (χ1v) is 41.0. The molecule has 0 spiro atoms. The van der Waals surface area contributed by atoms with E-state index in [9.17, 15) is 54.0 Å². The fraction of sp³-hybridized carbons (Fsp3) is 0.375. The van der Waals surface area contributed by atoms with E-state index < -0.39 is 164 Å². The second-order valence-electron chi connectivity index (χ2n) is 28.5. The number of piperidine rings is 1. The number of aromatic amines is 4. The van der Waals surface area contributed by atoms with Crippen molar-refractivity contribution in [2.45, 2.75) is 136 Å². The van der Waals surface area contributed by atoms with Crippen LogP contribution in [0.3, 0.4) is 0 Å². The van der Waals surface area contributed by atoms with Crippen molar-refractivity contribution in [3.63, 3.8) is 0 Å². The molecule has 114 heavy (non-hydrogen) atoms. The first-order chi connectivity index (χ1) is 54.9. The third-order valence-corrected chi connectivity index (χ3v) is 23.1. The molecule has 1 saturated heterocycles. The number of nitrogens with zero attached hydrogens (tertiary/aromatic N) is 1. The molecule has 4 aromatic heterocycles. The van der Waals surface area contributed by atoms with Crippen LogP contribution in [0, 0.1) is 5.92 Å². The summed E-state index contributed by atoms with van der Waals surface area (Å²) >= 11 is 3.83. The number of aliphatic carboxylic acids is 2. The number of hydrogen-bond donors (Lipinski definition) is 18. The Kier molecular flexibility index (Phi) is 29.0. The Balaban J connectivity index is 0.884. The Morgan fingerprint density at radius 3 is 1.47 bits per heavy atom. The van der Waals surface area contributed by atoms with Gasteiger partial charge in [0.05, 0.1) is 19.3 Å². The summed E-state index contributed by atoms with van der Waals surface area (Å²) in [5.41, 5.74) is 13.4. The number of carbonyl (C=O) groups is 12. The van der Waals surface area contributed by atoms with E-state index in [0.717, 1.165) is 38.5 Å². The van der Waals surface area contributed by atoms with Crippen LogP contribution in [0.2, 0.25) is 0 Å². The number of carboxylic acids is 2. The van der Waals surface area contributed by atoms with Crippen LogP contribution in [-0.4, -0.2) is 226 Å². The molecule has 9 aromatic rings. The van der Waals surface area contributed by atoms with E-state index in [0.29, 0.717) is 50.0 Å². The van der Waals surface area contributed by atoms with E-state index >= 15 is 24.0 Å². The molecule has 0 radical (unpaired) electrons. The standard InChI is InChI=1S/C80H93N15O16S3/c1-43-27-63-79(109)95(36-43)68(25-26-112-2)78(108)94-67(77(107)92-65(38-97)80(110)111)42-114-40-45-21-19-44(20-22-45)39-113-41-66(76(106)91-64(37-96)75(105)90-63)93-74(104)62(31-49-35-85-58-18-10-6-14-53(49)58)89-73(103)61(30-48-34-84-57-17-9-5-13-52(48)57)88-71(101)59(23-24-69(98)99)86-72(102)60(29-47-33-83-56-16-8-4-12-51(47)56)87-70(100)54(81)28-46-32-82-55-15-7-3-11-50(46)55/h3-22,32-35,43,54,59-68,82-85,96-97H,23-31,36-42,81H2,1-2H3,(H,86,102)(H,87,100)(H,88,101)(H,89,103)(H,90,105)(H,91,106)(H,92,107)(H,93,104)(H,94,108)(H,98,99)(H,110,111)/t43?,54?,59-,60-,61-,62-,63?,64-,65-,66?,67-,68-/m0/s1. The molecule has 4 unspecified atom stereocenters. The number of aliphatic hydroxyl groups is 2. The number of nitrogens with two attached hydrogens (primary N) is 1. The van der Waals surface area contributed by atoms with E-state index in [1.807, 2.05) is 66.7 Å². The number of para-hydroxylation sites is 4. The molecule has 31 nitrogen and oxygen atoms in total. The second kappa shape index (κ2) is 39.5. The van der Waals surface area contributed by atoms with Crippen molar-refractivity contribution < 1.29 is 78.0 Å². The number of H-pyrrole nitrogens is 4. The van der Waals surface area contributed by atoms with Crippen LogP contribution in [0.5, 0.6) is 0 Å². The summed E-state index contributed by atoms with van der Waals surface area (Å²) in [5, 5.41) is 67.7. The first-order valence-electron chi connectivity index (χ1n) is 37.3. The largest absolute Gasteiger partial charge is 0.481 e. The van der Waals surface area contributed by atoms with Gasteiger partial charge in [0, 0.05) is 124 Å². The van der Waals surface area contributed by atoms with Crippen LogP contribution >= 0.6 is 35.3 Å². The summed E-state index contributed by atoms with van der Waals surface area (Å²) in [5.74, 6) is -11.3. The number of amides is 10. The third kappa shape index (κ3) is 21.6. The smallest absolute Gasteiger partial charge is 0.328 e. The molecule has 7 heterocycles. The number of carboxylic acid groups (broad SMARTS) is 2. The molecule has 3 aliphatic heterocycles. The van der Waals surface area contributed by atoms with Crippen LogP contribution < -0.4 is 53.6 Å². The summed E-state index contributed by atoms with van der Waals surface area (Å²) in [6.45, 7) is -0.107. The van der Waals surface area contributed by atoms with Crippen molar-refractivity contribution in [1.82, 2.24) is 72.7 Å². The minimum Gasteiger partial charge on any atom is -0.481 e. The SMILES string of the molecule is CSCC[C@H]1C(=O)N[C@H](C(=O)N[C@@H](CO)C(=O)O)CSCc2ccc(cc2)CSCC(NC(=O)[C@H](Cc2c[nH]c3ccccc23)NC(=O)[C@H](Cc2c[nH]c3ccccc23)NC(=O)[C@H](CCC(=O)O)NC(=O)[C@H](Cc2c[nH]c3ccccc23)NC(=O)C(N)Cc2c[nH]c3ccccc23)C(=O)N[C@@H](CO)C(=O)NC2CC(C)CN1C2=O. The maximum absolute atomic E-state index is 15.7. The van der Waals surface area contributed by atoms with Gasteiger partial charge in [-0.3, -0.25) is 52.7 Å². The van der Waals surface area contributed by atoms with Crippen molar-refractivity contribution in [2.75, 3.05) is 43.3 Å². The molecular weight excluding hydrogens is 1520 g/mol. The van der Waals surface area contributed by atoms with Gasteiger partial charge in [0.15, 0.2) is 0 Å². The minimum atomic E-state index is -1.75. The molecule has 3 aliphatic rings. The summed E-state index contributed by atoms with van der Waals surface area (Å²) in [6, 6.07) is 20.0. The average Bonchev–Trinajstić information content (AvgIpc) is 1.61. The highest BCUT2D eigenvalue weighted by Gasteiger charge is 2.43. The maximum atomic E-state index is 15.7. The lowest BCUT2D eigenvalue weighted by atomic mass is 9.92. The summed E-state index contributed by atoms with van der Waals surface area (Å²) in [4.78, 5) is 187. The monoisotopic (exact) mass is 1620 g/mol. The molecule has 0 saturated carbocycles. The van der Waals surface area contributed by atoms with Gasteiger partial charge in [-0.15, -0.1) is 0 Å². The number of carbonyl (C=O) groups excluding carboxylic acids is 10. The molecule has 12 atom stereocenters. The fourth-order valence-corrected chi connectivity index (χ4v) is 16.6. The summed E-state index contributed by atoms with van der Waals surface area (Å²) in [6.07, 6.45) is 6.94. The Labute approximate surface area is 667 Å². The molecule has 34 heteroatoms. The van der Waals surface area contributed by atoms with Gasteiger partial charge in [-0.05, 0) is 101 Å². The van der Waals surface area contributed by atoms with E-state index in [-0.39, 0.29) is 68.2 Å². The number of aliphatic hydroxyl groups excluding tert-OH is 2. The summed E-state index contributed by atoms with van der Waals surface area (Å²) in [7, 11) is 0. The molecule has 5 aromatic carbocycles. The Morgan fingerprint density at radius 1 is 0.544 bits per heavy atom. The summed E-state index contributed by atoms with van der Waals surface area (Å²) < 4.78 is 0. The second-order valence-corrected chi connectivity index (χ2v) is 31.6. The number of aromatic nitrogens is 4. The van der Waals surface area contributed by atoms with Crippen LogP contribution in [-0.2, 0) is 94.7 Å². The van der Waals surface area contributed by atoms with Crippen molar-refractivity contribution >= 4 is 150 Å². The highest BCUT2D eigenvalue weighted by molar-refractivity contribution is 7.99. The molecule has 19 N–H and O–H groups in total. The molecule has 0 aliphatic carbocycles. The zero-order valence-corrected chi connectivity index (χ0v) is 65.0. The first kappa shape index (κ1) is 83.8. The van der Waals surface area contributed by atoms with Crippen molar-refractivity contribution in [1.29, 1.82) is 0 Å². The highest BCUT2D eigenvalue weighted by Crippen LogP contribution is 2.28. The van der Waals surface area contributed by atoms with Crippen molar-refractivity contribution in [3.05, 3.63) is 179 Å². The van der Waals surface area contributed by atoms with Crippen LogP contribution in [0.1, 0.15) is 66.0 Å². The molecule has 602 valence electrons. The normalized spacial score (nSPS) is 19.6. The zero-order valence-electron chi connectivity index (χ0n) is 62.5. The number of benzene rings is 5. The predicted molar refractivity (Wildman–Crippen MR) is 433 cm³/mol. The lowest BCUT2D eigenvalue weighted by molar-refractivity contribution is -0.148. The Hall–Kier alpha value is -11.2. The maximum Gasteiger partial charge on any atom is 0.328 e. The Bertz CT molecular complexity index is 4970. The van der Waals surface area contributed by atoms with Crippen LogP contribution in [0.15, 0.2) is 146 Å². The fourth-order valence-electron chi connectivity index (χ4n) is 14.1. The van der Waals surface area contributed by atoms with Gasteiger partial charge >= 0.3 is 11.9 Å². The lowest BCUT2D eigenvalue weighted by Crippen LogP contribution is -2.64. The molecule has 1 fully saturated rings. The van der Waals surface area contributed by atoms with Gasteiger partial charge < -0.3 is 98.8 Å².